The molecule has 2 aliphatic heterocycles. The highest BCUT2D eigenvalue weighted by molar-refractivity contribution is 7.26. The van der Waals surface area contributed by atoms with E-state index in [4.69, 9.17) is 8.83 Å². The molecule has 0 radical (unpaired) electrons. The van der Waals surface area contributed by atoms with Crippen molar-refractivity contribution in [1.82, 2.24) is 0 Å². The normalized spacial score (nSPS) is 14.0. The molecule has 1 unspecified atom stereocenters. The van der Waals surface area contributed by atoms with Gasteiger partial charge in [-0.25, -0.2) is 0 Å². The zero-order valence-electron chi connectivity index (χ0n) is 71.7. The van der Waals surface area contributed by atoms with Crippen LogP contribution >= 0.6 is 11.3 Å². The van der Waals surface area contributed by atoms with Gasteiger partial charge in [-0.05, 0) is 268 Å². The molecular formula is C121H85N3O2SSi2. The van der Waals surface area contributed by atoms with E-state index >= 15 is 0 Å². The second kappa shape index (κ2) is 30.2. The van der Waals surface area contributed by atoms with Gasteiger partial charge in [-0.3, -0.25) is 0 Å². The second-order valence-corrected chi connectivity index (χ2v) is 43.7. The first kappa shape index (κ1) is 76.0. The van der Waals surface area contributed by atoms with E-state index in [1.807, 2.05) is 11.3 Å². The summed E-state index contributed by atoms with van der Waals surface area (Å²) in [5.41, 5.74) is 26.7. The van der Waals surface area contributed by atoms with Crippen LogP contribution < -0.4 is 56.2 Å². The predicted molar refractivity (Wildman–Crippen MR) is 551 cm³/mol. The number of hydrogen-bond donors (Lipinski definition) is 0. The molecule has 0 aliphatic carbocycles. The molecule has 0 spiro atoms. The lowest BCUT2D eigenvalue weighted by Gasteiger charge is -2.45. The predicted octanol–water partition coefficient (Wildman–Crippen LogP) is 27.7. The number of benzene rings is 20. The van der Waals surface area contributed by atoms with Crippen LogP contribution in [0, 0.1) is 27.7 Å². The van der Waals surface area contributed by atoms with Crippen molar-refractivity contribution >= 4 is 206 Å². The van der Waals surface area contributed by atoms with Gasteiger partial charge < -0.3 is 23.5 Å². The molecule has 25 rings (SSSR count). The minimum atomic E-state index is -3.38. The highest BCUT2D eigenvalue weighted by atomic mass is 32.1. The van der Waals surface area contributed by atoms with Gasteiger partial charge in [0.1, 0.15) is 22.3 Å². The van der Waals surface area contributed by atoms with Crippen LogP contribution in [0.5, 0.6) is 0 Å². The molecule has 129 heavy (non-hydrogen) atoms. The quantitative estimate of drug-likeness (QED) is 0.0616. The van der Waals surface area contributed by atoms with Crippen LogP contribution in [0.15, 0.2) is 446 Å². The molecule has 1 atom stereocenters. The molecule has 23 aromatic rings. The fourth-order valence-electron chi connectivity index (χ4n) is 22.2. The Hall–Kier alpha value is -15.4. The second-order valence-electron chi connectivity index (χ2n) is 35.2. The smallest absolute Gasteiger partial charge is 0.184 e. The Morgan fingerprint density at radius 2 is 0.659 bits per heavy atom. The summed E-state index contributed by atoms with van der Waals surface area (Å²) < 4.78 is 16.4. The number of furan rings is 2. The van der Waals surface area contributed by atoms with Crippen molar-refractivity contribution in [2.24, 2.45) is 0 Å². The Labute approximate surface area is 755 Å². The van der Waals surface area contributed by atoms with E-state index in [1.54, 1.807) is 0 Å². The van der Waals surface area contributed by atoms with Crippen molar-refractivity contribution in [2.75, 3.05) is 14.7 Å². The van der Waals surface area contributed by atoms with Crippen LogP contribution in [-0.2, 0) is 0 Å². The maximum absolute atomic E-state index is 7.15. The van der Waals surface area contributed by atoms with E-state index < -0.39 is 16.1 Å². The molecule has 0 saturated carbocycles. The number of anilines is 9. The summed E-state index contributed by atoms with van der Waals surface area (Å²) in [6, 6.07) is 166. The zero-order chi connectivity index (χ0) is 85.7. The van der Waals surface area contributed by atoms with Crippen molar-refractivity contribution in [3.8, 4) is 22.3 Å². The highest BCUT2D eigenvalue weighted by Crippen LogP contribution is 2.53. The molecule has 0 amide bonds. The number of fused-ring (bicyclic) bond motifs is 15. The minimum Gasteiger partial charge on any atom is -0.456 e. The molecule has 3 aromatic heterocycles. The Balaban J connectivity index is 0.735. The Morgan fingerprint density at radius 1 is 0.240 bits per heavy atom. The van der Waals surface area contributed by atoms with Crippen LogP contribution in [0.2, 0.25) is 0 Å². The molecule has 5 heterocycles. The molecule has 0 fully saturated rings. The number of aryl methyl sites for hydroxylation is 4. The number of nitrogens with zero attached hydrogens (tertiary/aromatic N) is 3. The van der Waals surface area contributed by atoms with Gasteiger partial charge in [-0.2, -0.15) is 0 Å². The van der Waals surface area contributed by atoms with Crippen LogP contribution in [0.3, 0.4) is 0 Å². The first-order chi connectivity index (χ1) is 63.6. The van der Waals surface area contributed by atoms with Gasteiger partial charge in [-0.1, -0.05) is 314 Å². The van der Waals surface area contributed by atoms with E-state index in [9.17, 15) is 0 Å². The van der Waals surface area contributed by atoms with Crippen molar-refractivity contribution < 1.29 is 8.83 Å². The Kier molecular flexibility index (Phi) is 17.8. The fourth-order valence-corrected chi connectivity index (χ4v) is 33.4. The maximum atomic E-state index is 7.15. The fraction of sp³-hybridized carbons (Fsp3) is 0.0413. The van der Waals surface area contributed by atoms with Gasteiger partial charge in [0.05, 0.1) is 5.69 Å². The molecule has 8 heteroatoms. The third-order valence-corrected chi connectivity index (χ3v) is 38.5. The highest BCUT2D eigenvalue weighted by Gasteiger charge is 2.51. The number of para-hydroxylation sites is 5. The van der Waals surface area contributed by atoms with Crippen LogP contribution in [-0.4, -0.2) is 16.1 Å². The van der Waals surface area contributed by atoms with Gasteiger partial charge in [0, 0.05) is 99.2 Å². The summed E-state index contributed by atoms with van der Waals surface area (Å²) in [5, 5.41) is 21.9. The lowest BCUT2D eigenvalue weighted by Crippen LogP contribution is -2.77. The summed E-state index contributed by atoms with van der Waals surface area (Å²) in [6.07, 6.45) is 0. The third-order valence-electron chi connectivity index (χ3n) is 27.6. The van der Waals surface area contributed by atoms with Crippen molar-refractivity contribution in [3.63, 3.8) is 0 Å². The van der Waals surface area contributed by atoms with Gasteiger partial charge in [-0.15, -0.1) is 11.3 Å². The van der Waals surface area contributed by atoms with Gasteiger partial charge >= 0.3 is 0 Å². The van der Waals surface area contributed by atoms with E-state index in [1.165, 1.54) is 101 Å². The number of thiophene rings is 1. The SMILES string of the molecule is Cc1cccc(C(c2ccc([Si]3(c4ccccc4)c4ccccc4N(c4ccc5c(-c6ccc7sc8ccccc8c7c6)c6cc(N7c8ccccc8[Si](c8ccccc8)(c8ccc(N(c9cccc(C)c9)c9cccc(C)c9)cc8)c8ccccc87)ccc6c(-c6ccc7oc8ccccc8c7c6)c5c4)c4cc5oc6ccccc6c5cc43)cc2)c2cccc(C)c2)c1. The van der Waals surface area contributed by atoms with Crippen molar-refractivity contribution in [2.45, 2.75) is 33.6 Å². The first-order valence-electron chi connectivity index (χ1n) is 44.7. The zero-order valence-corrected chi connectivity index (χ0v) is 74.5. The molecule has 20 aromatic carbocycles. The van der Waals surface area contributed by atoms with Crippen LogP contribution in [0.1, 0.15) is 44.9 Å². The summed E-state index contributed by atoms with van der Waals surface area (Å²) >= 11 is 1.86. The molecule has 2 aliphatic rings. The molecule has 5 nitrogen and oxygen atoms in total. The average molecular weight is 1700 g/mol. The van der Waals surface area contributed by atoms with Crippen molar-refractivity contribution in [1.29, 1.82) is 0 Å². The van der Waals surface area contributed by atoms with Crippen LogP contribution in [0.25, 0.3) is 108 Å². The van der Waals surface area contributed by atoms with E-state index in [0.29, 0.717) is 0 Å². The maximum Gasteiger partial charge on any atom is 0.184 e. The summed E-state index contributed by atoms with van der Waals surface area (Å²) in [4.78, 5) is 7.58. The number of hydrogen-bond acceptors (Lipinski definition) is 6. The van der Waals surface area contributed by atoms with Crippen LogP contribution in [0.4, 0.5) is 51.2 Å². The van der Waals surface area contributed by atoms with Gasteiger partial charge in [0.15, 0.2) is 16.1 Å². The number of rotatable bonds is 14. The summed E-state index contributed by atoms with van der Waals surface area (Å²) in [6.45, 7) is 8.77. The van der Waals surface area contributed by atoms with E-state index in [2.05, 4.69) is 479 Å². The lowest BCUT2D eigenvalue weighted by atomic mass is 9.84. The largest absolute Gasteiger partial charge is 0.456 e. The topological polar surface area (TPSA) is 36.0 Å². The van der Waals surface area contributed by atoms with Crippen molar-refractivity contribution in [3.05, 3.63) is 476 Å². The monoisotopic (exact) mass is 1700 g/mol. The average Bonchev–Trinajstić information content (AvgIpc) is 1.51. The van der Waals surface area contributed by atoms with E-state index in [0.717, 1.165) is 139 Å². The Bertz CT molecular complexity index is 8350. The summed E-state index contributed by atoms with van der Waals surface area (Å²) in [7, 11) is -6.58. The molecule has 610 valence electrons. The van der Waals surface area contributed by atoms with Gasteiger partial charge in [0.25, 0.3) is 0 Å². The summed E-state index contributed by atoms with van der Waals surface area (Å²) in [5.74, 6) is 0.0138. The first-order valence-corrected chi connectivity index (χ1v) is 49.5. The molecular weight excluding hydrogens is 1620 g/mol. The van der Waals surface area contributed by atoms with Gasteiger partial charge in [0.2, 0.25) is 0 Å². The van der Waals surface area contributed by atoms with E-state index in [-0.39, 0.29) is 5.92 Å². The standard InChI is InChI=1S/C121H85N3O2SSi2/c1-77-27-23-31-82(67-77)119(83-32-24-28-78(2)68-83)81-51-59-93(60-52-81)129(92-37-9-6-10-38-92)117-50-22-16-44-107(117)124(108-76-112-101(75-118(108)129)96-40-12-18-46-110(96)126-112)90-58-64-99-104(74-90)120(84-53-65-111-100(71-84)95-39-11-17-45-109(95)125-111)98-63-57-89(73-103(98)121(99)85-54-66-114-102(72-85)97-41-13-19-47-113(97)127-114)123-105-42-14-20-48-115(105)128(91-35-7-5-8-36-91,116-49-21-15-43-106(116)123)94-61-55-86(56-62-94)122(87-33-25-29-79(3)69-87)88-34-26-30-80(4)70-88/h5-76,119H,1-4H3. The molecule has 0 bridgehead atoms. The minimum absolute atomic E-state index is 0.0138. The third kappa shape index (κ3) is 12.0. The molecule has 0 saturated heterocycles. The molecule has 0 N–H and O–H groups in total. The lowest BCUT2D eigenvalue weighted by molar-refractivity contribution is 0.668. The Morgan fingerprint density at radius 3 is 1.20 bits per heavy atom.